The first-order chi connectivity index (χ1) is 7.00. The van der Waals surface area contributed by atoms with Crippen LogP contribution in [-0.2, 0) is 11.3 Å². The summed E-state index contributed by atoms with van der Waals surface area (Å²) in [5.41, 5.74) is 5.96. The zero-order valence-electron chi connectivity index (χ0n) is 8.34. The van der Waals surface area contributed by atoms with E-state index in [0.717, 1.165) is 5.56 Å². The molecule has 5 heteroatoms. The second kappa shape index (κ2) is 5.35. The summed E-state index contributed by atoms with van der Waals surface area (Å²) in [7, 11) is 1.79. The molecule has 0 radical (unpaired) electrons. The third-order valence-corrected chi connectivity index (χ3v) is 2.76. The van der Waals surface area contributed by atoms with Gasteiger partial charge in [-0.3, -0.25) is 9.69 Å². The Labute approximate surface area is 98.8 Å². The van der Waals surface area contributed by atoms with Crippen molar-refractivity contribution in [3.05, 3.63) is 33.8 Å². The van der Waals surface area contributed by atoms with Gasteiger partial charge in [0.1, 0.15) is 0 Å². The Kier molecular flexibility index (Phi) is 4.39. The molecule has 0 saturated heterocycles. The summed E-state index contributed by atoms with van der Waals surface area (Å²) in [6.45, 7) is 0.741. The van der Waals surface area contributed by atoms with Crippen LogP contribution in [0.2, 0.25) is 10.0 Å². The van der Waals surface area contributed by atoms with Crippen LogP contribution in [-0.4, -0.2) is 24.4 Å². The second-order valence-electron chi connectivity index (χ2n) is 3.35. The van der Waals surface area contributed by atoms with Gasteiger partial charge < -0.3 is 5.73 Å². The molecule has 0 aliphatic carbocycles. The van der Waals surface area contributed by atoms with Crippen molar-refractivity contribution in [2.75, 3.05) is 13.6 Å². The molecule has 1 aromatic rings. The van der Waals surface area contributed by atoms with Gasteiger partial charge in [-0.1, -0.05) is 35.3 Å². The van der Waals surface area contributed by atoms with Crippen LogP contribution in [0.4, 0.5) is 0 Å². The maximum Gasteiger partial charge on any atom is 0.231 e. The Morgan fingerprint density at radius 3 is 2.73 bits per heavy atom. The van der Waals surface area contributed by atoms with Crippen LogP contribution in [0.3, 0.4) is 0 Å². The number of benzene rings is 1. The predicted octanol–water partition coefficient (Wildman–Crippen LogP) is 1.91. The number of amides is 1. The van der Waals surface area contributed by atoms with Crippen molar-refractivity contribution in [2.24, 2.45) is 5.73 Å². The second-order valence-corrected chi connectivity index (χ2v) is 4.14. The number of nitrogens with zero attached hydrogens (tertiary/aromatic N) is 1. The quantitative estimate of drug-likeness (QED) is 0.883. The molecule has 0 unspecified atom stereocenters. The first-order valence-corrected chi connectivity index (χ1v) is 5.16. The zero-order valence-corrected chi connectivity index (χ0v) is 9.85. The van der Waals surface area contributed by atoms with Gasteiger partial charge in [-0.15, -0.1) is 0 Å². The highest BCUT2D eigenvalue weighted by molar-refractivity contribution is 6.42. The Morgan fingerprint density at radius 1 is 1.47 bits per heavy atom. The molecule has 1 aromatic carbocycles. The van der Waals surface area contributed by atoms with Crippen molar-refractivity contribution in [2.45, 2.75) is 6.54 Å². The van der Waals surface area contributed by atoms with Crippen LogP contribution in [0.25, 0.3) is 0 Å². The van der Waals surface area contributed by atoms with Crippen LogP contribution in [0, 0.1) is 0 Å². The van der Waals surface area contributed by atoms with E-state index in [0.29, 0.717) is 16.6 Å². The normalized spacial score (nSPS) is 10.7. The summed E-state index contributed by atoms with van der Waals surface area (Å²) in [5.74, 6) is -0.365. The molecule has 3 nitrogen and oxygen atoms in total. The predicted molar refractivity (Wildman–Crippen MR) is 62.0 cm³/mol. The zero-order chi connectivity index (χ0) is 11.4. The van der Waals surface area contributed by atoms with Gasteiger partial charge in [0, 0.05) is 6.54 Å². The van der Waals surface area contributed by atoms with Gasteiger partial charge in [-0.05, 0) is 18.7 Å². The molecule has 0 spiro atoms. The molecule has 0 bridgehead atoms. The molecule has 1 amide bonds. The summed E-state index contributed by atoms with van der Waals surface area (Å²) < 4.78 is 0. The fourth-order valence-corrected chi connectivity index (χ4v) is 1.66. The third-order valence-electron chi connectivity index (χ3n) is 1.90. The molecular formula is C10H12Cl2N2O. The monoisotopic (exact) mass is 246 g/mol. The summed E-state index contributed by atoms with van der Waals surface area (Å²) in [4.78, 5) is 12.5. The van der Waals surface area contributed by atoms with E-state index >= 15 is 0 Å². The number of likely N-dealkylation sites (N-methyl/N-ethyl adjacent to an activating group) is 1. The highest BCUT2D eigenvalue weighted by Crippen LogP contribution is 2.26. The Bertz CT molecular complexity index is 368. The highest BCUT2D eigenvalue weighted by atomic mass is 35.5. The lowest BCUT2D eigenvalue weighted by molar-refractivity contribution is -0.118. The fraction of sp³-hybridized carbons (Fsp3) is 0.300. The minimum atomic E-state index is -0.365. The molecule has 2 N–H and O–H groups in total. The average Bonchev–Trinajstić information content (AvgIpc) is 2.11. The Balaban J connectivity index is 2.72. The minimum Gasteiger partial charge on any atom is -0.369 e. The van der Waals surface area contributed by atoms with Gasteiger partial charge >= 0.3 is 0 Å². The Hall–Kier alpha value is -0.770. The van der Waals surface area contributed by atoms with Crippen molar-refractivity contribution < 1.29 is 4.79 Å². The molecule has 0 aliphatic heterocycles. The van der Waals surface area contributed by atoms with Crippen LogP contribution in [0.15, 0.2) is 18.2 Å². The van der Waals surface area contributed by atoms with Crippen molar-refractivity contribution in [1.29, 1.82) is 0 Å². The van der Waals surface area contributed by atoms with Crippen LogP contribution in [0.1, 0.15) is 5.56 Å². The van der Waals surface area contributed by atoms with Crippen molar-refractivity contribution >= 4 is 29.1 Å². The standard InChI is InChI=1S/C10H12Cl2N2O/c1-14(6-9(13)15)5-7-3-2-4-8(11)10(7)12/h2-4H,5-6H2,1H3,(H2,13,15). The molecule has 1 rings (SSSR count). The van der Waals surface area contributed by atoms with E-state index in [1.54, 1.807) is 18.0 Å². The summed E-state index contributed by atoms with van der Waals surface area (Å²) in [6, 6.07) is 5.41. The first-order valence-electron chi connectivity index (χ1n) is 4.40. The molecule has 0 aromatic heterocycles. The van der Waals surface area contributed by atoms with Gasteiger partial charge in [-0.25, -0.2) is 0 Å². The maximum absolute atomic E-state index is 10.7. The SMILES string of the molecule is CN(CC(N)=O)Cc1cccc(Cl)c1Cl. The van der Waals surface area contributed by atoms with Gasteiger partial charge in [-0.2, -0.15) is 0 Å². The molecule has 0 aliphatic rings. The summed E-state index contributed by atoms with van der Waals surface area (Å²) >= 11 is 11.9. The van der Waals surface area contributed by atoms with E-state index in [-0.39, 0.29) is 12.5 Å². The number of hydrogen-bond acceptors (Lipinski definition) is 2. The lowest BCUT2D eigenvalue weighted by atomic mass is 10.2. The van der Waals surface area contributed by atoms with Crippen LogP contribution in [0.5, 0.6) is 0 Å². The lowest BCUT2D eigenvalue weighted by Gasteiger charge is -2.15. The van der Waals surface area contributed by atoms with Gasteiger partial charge in [0.25, 0.3) is 0 Å². The molecule has 0 atom stereocenters. The number of carbonyl (C=O) groups excluding carboxylic acids is 1. The van der Waals surface area contributed by atoms with E-state index in [1.807, 2.05) is 12.1 Å². The van der Waals surface area contributed by atoms with Crippen molar-refractivity contribution in [3.8, 4) is 0 Å². The van der Waals surface area contributed by atoms with Gasteiger partial charge in [0.05, 0.1) is 16.6 Å². The molecule has 0 fully saturated rings. The maximum atomic E-state index is 10.7. The Morgan fingerprint density at radius 2 is 2.13 bits per heavy atom. The number of halogens is 2. The lowest BCUT2D eigenvalue weighted by Crippen LogP contribution is -2.30. The van der Waals surface area contributed by atoms with Gasteiger partial charge in [0.15, 0.2) is 0 Å². The molecule has 0 saturated carbocycles. The van der Waals surface area contributed by atoms with Gasteiger partial charge in [0.2, 0.25) is 5.91 Å². The van der Waals surface area contributed by atoms with Crippen molar-refractivity contribution in [1.82, 2.24) is 4.90 Å². The number of rotatable bonds is 4. The molecular weight excluding hydrogens is 235 g/mol. The highest BCUT2D eigenvalue weighted by Gasteiger charge is 2.08. The number of carbonyl (C=O) groups is 1. The minimum absolute atomic E-state index is 0.197. The first kappa shape index (κ1) is 12.3. The van der Waals surface area contributed by atoms with Crippen LogP contribution < -0.4 is 5.73 Å². The largest absolute Gasteiger partial charge is 0.369 e. The smallest absolute Gasteiger partial charge is 0.231 e. The third kappa shape index (κ3) is 3.70. The van der Waals surface area contributed by atoms with Crippen LogP contribution >= 0.6 is 23.2 Å². The number of nitrogens with two attached hydrogens (primary N) is 1. The molecule has 15 heavy (non-hydrogen) atoms. The summed E-state index contributed by atoms with van der Waals surface area (Å²) in [6.07, 6.45) is 0. The number of primary amides is 1. The van der Waals surface area contributed by atoms with E-state index in [4.69, 9.17) is 28.9 Å². The topological polar surface area (TPSA) is 46.3 Å². The number of hydrogen-bond donors (Lipinski definition) is 1. The van der Waals surface area contributed by atoms with E-state index in [1.165, 1.54) is 0 Å². The summed E-state index contributed by atoms with van der Waals surface area (Å²) in [5, 5.41) is 1.04. The molecule has 82 valence electrons. The van der Waals surface area contributed by atoms with E-state index in [2.05, 4.69) is 0 Å². The van der Waals surface area contributed by atoms with Crippen molar-refractivity contribution in [3.63, 3.8) is 0 Å². The average molecular weight is 247 g/mol. The van der Waals surface area contributed by atoms with E-state index < -0.39 is 0 Å². The molecule has 0 heterocycles. The fourth-order valence-electron chi connectivity index (χ4n) is 1.28. The van der Waals surface area contributed by atoms with E-state index in [9.17, 15) is 4.79 Å².